The molecule has 0 aliphatic rings. The number of carbonyl (C=O) groups is 1. The lowest BCUT2D eigenvalue weighted by molar-refractivity contribution is -0.150. The molecule has 0 saturated carbocycles. The van der Waals surface area contributed by atoms with Crippen molar-refractivity contribution in [3.05, 3.63) is 77.6 Å². The summed E-state index contributed by atoms with van der Waals surface area (Å²) in [6, 6.07) is 15.3. The lowest BCUT2D eigenvalue weighted by Gasteiger charge is -2.28. The van der Waals surface area contributed by atoms with Crippen LogP contribution in [0, 0.1) is 11.7 Å². The highest BCUT2D eigenvalue weighted by Gasteiger charge is 2.31. The summed E-state index contributed by atoms with van der Waals surface area (Å²) in [5, 5.41) is 10.8. The molecule has 2 aromatic rings. The minimum absolute atomic E-state index is 0.144. The van der Waals surface area contributed by atoms with Crippen LogP contribution in [0.5, 0.6) is 0 Å². The Morgan fingerprint density at radius 3 is 2.40 bits per heavy atom. The number of benzene rings is 2. The first-order valence-electron chi connectivity index (χ1n) is 8.26. The number of carbonyl (C=O) groups excluding carboxylic acids is 1. The molecule has 1 atom stereocenters. The highest BCUT2D eigenvalue weighted by atomic mass is 19.1. The van der Waals surface area contributed by atoms with E-state index in [-0.39, 0.29) is 24.8 Å². The van der Waals surface area contributed by atoms with Gasteiger partial charge < -0.3 is 9.84 Å². The van der Waals surface area contributed by atoms with Gasteiger partial charge in [-0.1, -0.05) is 68.5 Å². The molecule has 0 bridgehead atoms. The Kier molecular flexibility index (Phi) is 6.48. The third kappa shape index (κ3) is 5.84. The molecule has 0 aliphatic heterocycles. The Bertz CT molecular complexity index is 708. The summed E-state index contributed by atoms with van der Waals surface area (Å²) in [6.45, 7) is 3.84. The van der Waals surface area contributed by atoms with E-state index in [4.69, 9.17) is 4.74 Å². The maximum absolute atomic E-state index is 13.0. The standard InChI is InChI=1S/C21H23FO3/c1-16(2)21(24,13-12-17-8-10-19(22)11-9-17)14-20(23)25-15-18-6-4-3-5-7-18/h3-13,16,24H,14-15H2,1-2H3. The zero-order chi connectivity index (χ0) is 18.3. The van der Waals surface area contributed by atoms with Crippen molar-refractivity contribution in [3.8, 4) is 0 Å². The van der Waals surface area contributed by atoms with E-state index in [9.17, 15) is 14.3 Å². The van der Waals surface area contributed by atoms with Crippen LogP contribution >= 0.6 is 0 Å². The first-order valence-corrected chi connectivity index (χ1v) is 8.26. The number of hydrogen-bond donors (Lipinski definition) is 1. The molecule has 2 rings (SSSR count). The van der Waals surface area contributed by atoms with E-state index in [1.165, 1.54) is 12.1 Å². The summed E-state index contributed by atoms with van der Waals surface area (Å²) in [7, 11) is 0. The molecule has 0 saturated heterocycles. The maximum Gasteiger partial charge on any atom is 0.309 e. The van der Waals surface area contributed by atoms with Crippen molar-refractivity contribution in [2.75, 3.05) is 0 Å². The fraction of sp³-hybridized carbons (Fsp3) is 0.286. The summed E-state index contributed by atoms with van der Waals surface area (Å²) in [5.41, 5.74) is 0.311. The molecule has 0 radical (unpaired) electrons. The SMILES string of the molecule is CC(C)C(O)(C=Cc1ccc(F)cc1)CC(=O)OCc1ccccc1. The van der Waals surface area contributed by atoms with Crippen molar-refractivity contribution in [1.29, 1.82) is 0 Å². The molecule has 0 fully saturated rings. The number of ether oxygens (including phenoxy) is 1. The van der Waals surface area contributed by atoms with Crippen LogP contribution in [0.3, 0.4) is 0 Å². The topological polar surface area (TPSA) is 46.5 Å². The second-order valence-electron chi connectivity index (χ2n) is 6.35. The molecule has 0 spiro atoms. The van der Waals surface area contributed by atoms with Gasteiger partial charge in [-0.3, -0.25) is 4.79 Å². The van der Waals surface area contributed by atoms with E-state index < -0.39 is 11.6 Å². The van der Waals surface area contributed by atoms with Crippen molar-refractivity contribution in [2.24, 2.45) is 5.92 Å². The third-order valence-electron chi connectivity index (χ3n) is 4.10. The number of hydrogen-bond acceptors (Lipinski definition) is 3. The van der Waals surface area contributed by atoms with Gasteiger partial charge in [0.2, 0.25) is 0 Å². The Morgan fingerprint density at radius 1 is 1.16 bits per heavy atom. The molecule has 1 N–H and O–H groups in total. The zero-order valence-electron chi connectivity index (χ0n) is 14.5. The average Bonchev–Trinajstić information content (AvgIpc) is 2.60. The second-order valence-corrected chi connectivity index (χ2v) is 6.35. The molecular formula is C21H23FO3. The third-order valence-corrected chi connectivity index (χ3v) is 4.10. The lowest BCUT2D eigenvalue weighted by Crippen LogP contribution is -2.35. The van der Waals surface area contributed by atoms with Gasteiger partial charge in [0.05, 0.1) is 12.0 Å². The molecule has 3 nitrogen and oxygen atoms in total. The van der Waals surface area contributed by atoms with Crippen LogP contribution in [0.15, 0.2) is 60.7 Å². The minimum Gasteiger partial charge on any atom is -0.461 e. The van der Waals surface area contributed by atoms with Crippen LogP contribution in [-0.2, 0) is 16.1 Å². The van der Waals surface area contributed by atoms with Crippen LogP contribution in [0.4, 0.5) is 4.39 Å². The average molecular weight is 342 g/mol. The first-order chi connectivity index (χ1) is 11.9. The molecule has 0 aliphatic carbocycles. The van der Waals surface area contributed by atoms with Crippen LogP contribution in [0.2, 0.25) is 0 Å². The van der Waals surface area contributed by atoms with Crippen molar-refractivity contribution in [1.82, 2.24) is 0 Å². The Hall–Kier alpha value is -2.46. The fourth-order valence-electron chi connectivity index (χ4n) is 2.29. The van der Waals surface area contributed by atoms with Crippen molar-refractivity contribution < 1.29 is 19.0 Å². The highest BCUT2D eigenvalue weighted by molar-refractivity contribution is 5.71. The van der Waals surface area contributed by atoms with Crippen molar-refractivity contribution in [3.63, 3.8) is 0 Å². The normalized spacial score (nSPS) is 13.8. The monoisotopic (exact) mass is 342 g/mol. The highest BCUT2D eigenvalue weighted by Crippen LogP contribution is 2.25. The number of halogens is 1. The van der Waals surface area contributed by atoms with Crippen LogP contribution < -0.4 is 0 Å². The number of esters is 1. The predicted octanol–water partition coefficient (Wildman–Crippen LogP) is 4.36. The Labute approximate surface area is 147 Å². The van der Waals surface area contributed by atoms with Gasteiger partial charge in [0.1, 0.15) is 12.4 Å². The molecule has 132 valence electrons. The maximum atomic E-state index is 13.0. The Balaban J connectivity index is 2.00. The summed E-state index contributed by atoms with van der Waals surface area (Å²) < 4.78 is 18.2. The van der Waals surface area contributed by atoms with Crippen LogP contribution in [0.1, 0.15) is 31.4 Å². The van der Waals surface area contributed by atoms with Crippen LogP contribution in [0.25, 0.3) is 6.08 Å². The summed E-state index contributed by atoms with van der Waals surface area (Å²) in [6.07, 6.45) is 3.12. The smallest absolute Gasteiger partial charge is 0.309 e. The van der Waals surface area contributed by atoms with Crippen molar-refractivity contribution >= 4 is 12.0 Å². The van der Waals surface area contributed by atoms with Gasteiger partial charge in [0.25, 0.3) is 0 Å². The Morgan fingerprint density at radius 2 is 1.80 bits per heavy atom. The van der Waals surface area contributed by atoms with Gasteiger partial charge in [0.15, 0.2) is 0 Å². The summed E-state index contributed by atoms with van der Waals surface area (Å²) in [4.78, 5) is 12.1. The predicted molar refractivity (Wildman–Crippen MR) is 96.1 cm³/mol. The lowest BCUT2D eigenvalue weighted by atomic mass is 9.86. The number of aliphatic hydroxyl groups is 1. The van der Waals surface area contributed by atoms with E-state index in [2.05, 4.69) is 0 Å². The van der Waals surface area contributed by atoms with Crippen molar-refractivity contribution in [2.45, 2.75) is 32.5 Å². The van der Waals surface area contributed by atoms with Gasteiger partial charge in [-0.15, -0.1) is 0 Å². The summed E-state index contributed by atoms with van der Waals surface area (Å²) >= 11 is 0. The van der Waals surface area contributed by atoms with E-state index in [1.807, 2.05) is 44.2 Å². The van der Waals surface area contributed by atoms with E-state index >= 15 is 0 Å². The zero-order valence-corrected chi connectivity index (χ0v) is 14.5. The molecule has 0 heterocycles. The van der Waals surface area contributed by atoms with Gasteiger partial charge in [-0.2, -0.15) is 0 Å². The molecule has 2 aromatic carbocycles. The fourth-order valence-corrected chi connectivity index (χ4v) is 2.29. The molecular weight excluding hydrogens is 319 g/mol. The molecule has 1 unspecified atom stereocenters. The first kappa shape index (κ1) is 18.9. The van der Waals surface area contributed by atoms with E-state index in [1.54, 1.807) is 24.3 Å². The van der Waals surface area contributed by atoms with E-state index in [0.29, 0.717) is 0 Å². The quantitative estimate of drug-likeness (QED) is 0.761. The molecule has 0 amide bonds. The van der Waals surface area contributed by atoms with E-state index in [0.717, 1.165) is 11.1 Å². The van der Waals surface area contributed by atoms with Gasteiger partial charge in [-0.05, 0) is 29.2 Å². The second kappa shape index (κ2) is 8.58. The summed E-state index contributed by atoms with van der Waals surface area (Å²) in [5.74, 6) is -0.974. The molecule has 4 heteroatoms. The number of rotatable bonds is 7. The van der Waals surface area contributed by atoms with Gasteiger partial charge in [0, 0.05) is 0 Å². The van der Waals surface area contributed by atoms with Gasteiger partial charge in [-0.25, -0.2) is 4.39 Å². The van der Waals surface area contributed by atoms with Gasteiger partial charge >= 0.3 is 5.97 Å². The minimum atomic E-state index is -1.33. The molecule has 0 aromatic heterocycles. The van der Waals surface area contributed by atoms with Crippen LogP contribution in [-0.4, -0.2) is 16.7 Å². The molecule has 25 heavy (non-hydrogen) atoms. The largest absolute Gasteiger partial charge is 0.461 e.